The first-order valence-corrected chi connectivity index (χ1v) is 14.1. The highest BCUT2D eigenvalue weighted by atomic mass is 35.5. The van der Waals surface area contributed by atoms with Gasteiger partial charge in [-0.3, -0.25) is 9.59 Å². The summed E-state index contributed by atoms with van der Waals surface area (Å²) in [6, 6.07) is 15.1. The van der Waals surface area contributed by atoms with E-state index in [4.69, 9.17) is 32.7 Å². The summed E-state index contributed by atoms with van der Waals surface area (Å²) in [6.07, 6.45) is 3.91. The van der Waals surface area contributed by atoms with Gasteiger partial charge in [-0.25, -0.2) is 4.98 Å². The zero-order chi connectivity index (χ0) is 28.5. The molecule has 3 N–H and O–H groups in total. The summed E-state index contributed by atoms with van der Waals surface area (Å²) in [5, 5.41) is 15.7. The zero-order valence-electron chi connectivity index (χ0n) is 22.3. The molecule has 0 bridgehead atoms. The molecule has 1 saturated heterocycles. The molecule has 1 fully saturated rings. The van der Waals surface area contributed by atoms with Crippen LogP contribution in [0.4, 0.5) is 5.69 Å². The fraction of sp³-hybridized carbons (Fsp3) is 0.414. The Morgan fingerprint density at radius 2 is 1.75 bits per heavy atom. The highest BCUT2D eigenvalue weighted by Crippen LogP contribution is 2.39. The molecule has 1 aromatic heterocycles. The number of benzene rings is 2. The van der Waals surface area contributed by atoms with Gasteiger partial charge in [0.05, 0.1) is 31.7 Å². The van der Waals surface area contributed by atoms with Crippen LogP contribution in [0.2, 0.25) is 10.3 Å². The Balaban J connectivity index is 1.39. The standard InChI is InChI=1S/C29H34Cl2N4O5/c1-19(37)32-14-4-2-3-5-26(38)34-23-12-10-22(11-13-23)29-39-24(16-35-18-33-27(30)28(35)31)15-25(40-29)21-8-6-20(17-36)7-9-21/h6-13,18,24-25,29,36H,2-5,14-17H2,1H3,(H,32,37)(H,34,38)/t24-,25+,29+/m1/s1. The number of amides is 2. The van der Waals surface area contributed by atoms with E-state index in [-0.39, 0.29) is 35.8 Å². The summed E-state index contributed by atoms with van der Waals surface area (Å²) in [5.74, 6) is -0.0970. The number of hydrogen-bond acceptors (Lipinski definition) is 6. The lowest BCUT2D eigenvalue weighted by Gasteiger charge is -2.36. The topological polar surface area (TPSA) is 115 Å². The molecule has 0 unspecified atom stereocenters. The van der Waals surface area contributed by atoms with E-state index in [2.05, 4.69) is 15.6 Å². The van der Waals surface area contributed by atoms with Crippen LogP contribution in [0.5, 0.6) is 0 Å². The van der Waals surface area contributed by atoms with Crippen LogP contribution in [0.25, 0.3) is 0 Å². The van der Waals surface area contributed by atoms with E-state index in [0.717, 1.165) is 36.0 Å². The first-order valence-electron chi connectivity index (χ1n) is 13.3. The number of aliphatic hydroxyl groups is 1. The molecular formula is C29H34Cl2N4O5. The van der Waals surface area contributed by atoms with Gasteiger partial charge < -0.3 is 29.8 Å². The third-order valence-electron chi connectivity index (χ3n) is 6.67. The molecule has 4 rings (SSSR count). The number of imidazole rings is 1. The monoisotopic (exact) mass is 588 g/mol. The molecule has 3 aromatic rings. The van der Waals surface area contributed by atoms with Crippen LogP contribution in [0.15, 0.2) is 54.9 Å². The lowest BCUT2D eigenvalue weighted by atomic mass is 10.00. The van der Waals surface area contributed by atoms with E-state index in [1.165, 1.54) is 6.92 Å². The zero-order valence-corrected chi connectivity index (χ0v) is 23.8. The molecule has 0 aliphatic carbocycles. The van der Waals surface area contributed by atoms with Crippen LogP contribution < -0.4 is 10.6 Å². The van der Waals surface area contributed by atoms with Crippen molar-refractivity contribution in [2.75, 3.05) is 11.9 Å². The van der Waals surface area contributed by atoms with Crippen molar-refractivity contribution in [2.24, 2.45) is 0 Å². The van der Waals surface area contributed by atoms with E-state index >= 15 is 0 Å². The highest BCUT2D eigenvalue weighted by molar-refractivity contribution is 6.40. The van der Waals surface area contributed by atoms with Gasteiger partial charge in [-0.05, 0) is 36.1 Å². The minimum absolute atomic E-state index is 0.0262. The number of hydrogen-bond donors (Lipinski definition) is 3. The number of nitrogens with zero attached hydrogens (tertiary/aromatic N) is 2. The fourth-order valence-electron chi connectivity index (χ4n) is 4.52. The van der Waals surface area contributed by atoms with Gasteiger partial charge in [0.15, 0.2) is 11.4 Å². The van der Waals surface area contributed by atoms with Crippen molar-refractivity contribution in [3.8, 4) is 0 Å². The van der Waals surface area contributed by atoms with Crippen molar-refractivity contribution in [3.05, 3.63) is 81.9 Å². The maximum absolute atomic E-state index is 12.4. The second-order valence-electron chi connectivity index (χ2n) is 9.79. The molecule has 214 valence electrons. The van der Waals surface area contributed by atoms with Gasteiger partial charge in [0.2, 0.25) is 11.8 Å². The van der Waals surface area contributed by atoms with Crippen molar-refractivity contribution in [1.29, 1.82) is 0 Å². The van der Waals surface area contributed by atoms with Gasteiger partial charge in [-0.1, -0.05) is 66.0 Å². The molecule has 11 heteroatoms. The number of carbonyl (C=O) groups is 2. The van der Waals surface area contributed by atoms with Gasteiger partial charge >= 0.3 is 0 Å². The first-order chi connectivity index (χ1) is 19.3. The Hall–Kier alpha value is -2.95. The molecule has 9 nitrogen and oxygen atoms in total. The summed E-state index contributed by atoms with van der Waals surface area (Å²) in [5.41, 5.74) is 3.31. The molecule has 0 spiro atoms. The summed E-state index contributed by atoms with van der Waals surface area (Å²) in [7, 11) is 0. The van der Waals surface area contributed by atoms with Gasteiger partial charge in [0.25, 0.3) is 0 Å². The minimum Gasteiger partial charge on any atom is -0.392 e. The van der Waals surface area contributed by atoms with E-state index in [0.29, 0.717) is 36.8 Å². The number of carbonyl (C=O) groups excluding carboxylic acids is 2. The van der Waals surface area contributed by atoms with Gasteiger partial charge in [-0.2, -0.15) is 0 Å². The number of aromatic nitrogens is 2. The lowest BCUT2D eigenvalue weighted by molar-refractivity contribution is -0.252. The third-order valence-corrected chi connectivity index (χ3v) is 7.44. The van der Waals surface area contributed by atoms with E-state index in [1.54, 1.807) is 10.9 Å². The Morgan fingerprint density at radius 1 is 1.02 bits per heavy atom. The summed E-state index contributed by atoms with van der Waals surface area (Å²) < 4.78 is 14.5. The maximum atomic E-state index is 12.4. The molecular weight excluding hydrogens is 555 g/mol. The molecule has 1 aliphatic heterocycles. The van der Waals surface area contributed by atoms with E-state index < -0.39 is 6.29 Å². The predicted octanol–water partition coefficient (Wildman–Crippen LogP) is 5.56. The number of rotatable bonds is 12. The van der Waals surface area contributed by atoms with Crippen LogP contribution in [-0.2, 0) is 32.2 Å². The van der Waals surface area contributed by atoms with Crippen LogP contribution >= 0.6 is 23.2 Å². The van der Waals surface area contributed by atoms with Crippen molar-refractivity contribution < 1.29 is 24.2 Å². The molecule has 2 heterocycles. The normalized spacial score (nSPS) is 18.9. The minimum atomic E-state index is -0.646. The van der Waals surface area contributed by atoms with Gasteiger partial charge in [-0.15, -0.1) is 0 Å². The van der Waals surface area contributed by atoms with E-state index in [1.807, 2.05) is 48.5 Å². The van der Waals surface area contributed by atoms with Gasteiger partial charge in [0.1, 0.15) is 5.15 Å². The van der Waals surface area contributed by atoms with Crippen molar-refractivity contribution in [2.45, 2.75) is 70.7 Å². The fourth-order valence-corrected chi connectivity index (χ4v) is 4.83. The molecule has 0 saturated carbocycles. The van der Waals surface area contributed by atoms with Crippen LogP contribution in [-0.4, -0.2) is 39.1 Å². The smallest absolute Gasteiger partial charge is 0.224 e. The average molecular weight is 590 g/mol. The molecule has 2 aromatic carbocycles. The second kappa shape index (κ2) is 14.6. The number of ether oxygens (including phenoxy) is 2. The molecule has 1 aliphatic rings. The number of unbranched alkanes of at least 4 members (excludes halogenated alkanes) is 2. The highest BCUT2D eigenvalue weighted by Gasteiger charge is 2.33. The van der Waals surface area contributed by atoms with Crippen molar-refractivity contribution in [1.82, 2.24) is 14.9 Å². The van der Waals surface area contributed by atoms with Gasteiger partial charge in [0, 0.05) is 37.6 Å². The molecule has 40 heavy (non-hydrogen) atoms. The largest absolute Gasteiger partial charge is 0.392 e. The second-order valence-corrected chi connectivity index (χ2v) is 10.5. The molecule has 3 atom stereocenters. The first kappa shape index (κ1) is 30.0. The Morgan fingerprint density at radius 3 is 2.40 bits per heavy atom. The number of aliphatic hydroxyl groups excluding tert-OH is 1. The maximum Gasteiger partial charge on any atom is 0.224 e. The van der Waals surface area contributed by atoms with Crippen LogP contribution in [0.3, 0.4) is 0 Å². The Labute approximate surface area is 243 Å². The molecule has 0 radical (unpaired) electrons. The summed E-state index contributed by atoms with van der Waals surface area (Å²) >= 11 is 12.3. The van der Waals surface area contributed by atoms with Crippen molar-refractivity contribution in [3.63, 3.8) is 0 Å². The number of anilines is 1. The predicted molar refractivity (Wildman–Crippen MR) is 153 cm³/mol. The Kier molecular flexibility index (Phi) is 11.0. The van der Waals surface area contributed by atoms with Crippen molar-refractivity contribution >= 4 is 40.7 Å². The third kappa shape index (κ3) is 8.52. The average Bonchev–Trinajstić information content (AvgIpc) is 3.27. The van der Waals surface area contributed by atoms with Crippen LogP contribution in [0, 0.1) is 0 Å². The lowest BCUT2D eigenvalue weighted by Crippen LogP contribution is -2.32. The Bertz CT molecular complexity index is 1270. The number of nitrogens with one attached hydrogen (secondary N) is 2. The van der Waals surface area contributed by atoms with Crippen LogP contribution in [0.1, 0.15) is 68.1 Å². The SMILES string of the molecule is CC(=O)NCCCCCC(=O)Nc1ccc([C@H]2O[C@@H](Cn3cnc(Cl)c3Cl)C[C@@H](c3ccc(CO)cc3)O2)cc1. The quantitative estimate of drug-likeness (QED) is 0.238. The summed E-state index contributed by atoms with van der Waals surface area (Å²) in [6.45, 7) is 2.54. The summed E-state index contributed by atoms with van der Waals surface area (Å²) in [4.78, 5) is 27.3. The number of halogens is 2. The van der Waals surface area contributed by atoms with E-state index in [9.17, 15) is 14.7 Å². The molecule has 2 amide bonds.